The highest BCUT2D eigenvalue weighted by atomic mass is 16.5. The third kappa shape index (κ3) is 2.83. The lowest BCUT2D eigenvalue weighted by Crippen LogP contribution is -1.91. The van der Waals surface area contributed by atoms with Crippen molar-refractivity contribution in [2.75, 3.05) is 14.2 Å². The van der Waals surface area contributed by atoms with Gasteiger partial charge in [-0.2, -0.15) is 10.2 Å². The van der Waals surface area contributed by atoms with E-state index in [4.69, 9.17) is 19.3 Å². The highest BCUT2D eigenvalue weighted by Crippen LogP contribution is 2.31. The van der Waals surface area contributed by atoms with Crippen LogP contribution < -0.4 is 9.47 Å². The molecule has 6 heteroatoms. The summed E-state index contributed by atoms with van der Waals surface area (Å²) in [5.74, 6) is 2.16. The van der Waals surface area contributed by atoms with E-state index in [9.17, 15) is 0 Å². The van der Waals surface area contributed by atoms with Crippen molar-refractivity contribution in [1.82, 2.24) is 10.1 Å². The molecule has 1 heterocycles. The first-order valence-corrected chi connectivity index (χ1v) is 5.70. The van der Waals surface area contributed by atoms with E-state index in [1.54, 1.807) is 26.4 Å². The Labute approximate surface area is 110 Å². The lowest BCUT2D eigenvalue weighted by atomic mass is 10.2. The van der Waals surface area contributed by atoms with E-state index in [1.165, 1.54) is 0 Å². The third-order valence-electron chi connectivity index (χ3n) is 2.56. The zero-order chi connectivity index (χ0) is 13.7. The van der Waals surface area contributed by atoms with Crippen LogP contribution >= 0.6 is 0 Å². The molecule has 0 aliphatic rings. The summed E-state index contributed by atoms with van der Waals surface area (Å²) in [6.45, 7) is 0. The fourth-order valence-corrected chi connectivity index (χ4v) is 1.61. The predicted molar refractivity (Wildman–Crippen MR) is 66.8 cm³/mol. The molecule has 0 radical (unpaired) electrons. The lowest BCUT2D eigenvalue weighted by Gasteiger charge is -2.07. The molecule has 0 amide bonds. The molecule has 6 nitrogen and oxygen atoms in total. The van der Waals surface area contributed by atoms with Crippen molar-refractivity contribution in [2.45, 2.75) is 12.8 Å². The molecule has 1 aromatic carbocycles. The SMILES string of the molecule is COc1ccc(-c2noc(CCC#N)n2)cc1OC. The van der Waals surface area contributed by atoms with E-state index in [0.717, 1.165) is 5.56 Å². The van der Waals surface area contributed by atoms with Crippen molar-refractivity contribution in [2.24, 2.45) is 0 Å². The topological polar surface area (TPSA) is 81.2 Å². The summed E-state index contributed by atoms with van der Waals surface area (Å²) in [7, 11) is 3.14. The van der Waals surface area contributed by atoms with Gasteiger partial charge < -0.3 is 14.0 Å². The molecular weight excluding hydrogens is 246 g/mol. The summed E-state index contributed by atoms with van der Waals surface area (Å²) < 4.78 is 15.4. The second kappa shape index (κ2) is 5.87. The Morgan fingerprint density at radius 1 is 1.26 bits per heavy atom. The van der Waals surface area contributed by atoms with Crippen molar-refractivity contribution in [1.29, 1.82) is 5.26 Å². The van der Waals surface area contributed by atoms with Crippen LogP contribution in [0.5, 0.6) is 11.5 Å². The molecule has 2 rings (SSSR count). The van der Waals surface area contributed by atoms with Crippen LogP contribution in [0.15, 0.2) is 22.7 Å². The van der Waals surface area contributed by atoms with Crippen molar-refractivity contribution < 1.29 is 14.0 Å². The number of hydrogen-bond donors (Lipinski definition) is 0. The van der Waals surface area contributed by atoms with E-state index in [2.05, 4.69) is 10.1 Å². The largest absolute Gasteiger partial charge is 0.493 e. The van der Waals surface area contributed by atoms with Gasteiger partial charge in [0, 0.05) is 18.4 Å². The fraction of sp³-hybridized carbons (Fsp3) is 0.308. The van der Waals surface area contributed by atoms with Crippen LogP contribution in [-0.2, 0) is 6.42 Å². The van der Waals surface area contributed by atoms with Crippen LogP contribution in [0.25, 0.3) is 11.4 Å². The summed E-state index contributed by atoms with van der Waals surface area (Å²) in [5, 5.41) is 12.4. The lowest BCUT2D eigenvalue weighted by molar-refractivity contribution is 0.355. The molecule has 0 aliphatic carbocycles. The first-order chi connectivity index (χ1) is 9.28. The van der Waals surface area contributed by atoms with Gasteiger partial charge in [0.2, 0.25) is 11.7 Å². The first kappa shape index (κ1) is 12.9. The number of hydrogen-bond acceptors (Lipinski definition) is 6. The normalized spacial score (nSPS) is 9.95. The zero-order valence-corrected chi connectivity index (χ0v) is 10.7. The van der Waals surface area contributed by atoms with E-state index in [0.29, 0.717) is 36.1 Å². The van der Waals surface area contributed by atoms with Crippen LogP contribution in [0.4, 0.5) is 0 Å². The van der Waals surface area contributed by atoms with Gasteiger partial charge in [-0.25, -0.2) is 0 Å². The Morgan fingerprint density at radius 3 is 2.74 bits per heavy atom. The number of benzene rings is 1. The van der Waals surface area contributed by atoms with Crippen LogP contribution in [0, 0.1) is 11.3 Å². The second-order valence-electron chi connectivity index (χ2n) is 3.74. The monoisotopic (exact) mass is 259 g/mol. The van der Waals surface area contributed by atoms with Gasteiger partial charge in [0.25, 0.3) is 0 Å². The van der Waals surface area contributed by atoms with Crippen molar-refractivity contribution >= 4 is 0 Å². The Hall–Kier alpha value is -2.55. The molecule has 0 aliphatic heterocycles. The molecule has 2 aromatic rings. The minimum Gasteiger partial charge on any atom is -0.493 e. The molecule has 19 heavy (non-hydrogen) atoms. The third-order valence-corrected chi connectivity index (χ3v) is 2.56. The van der Waals surface area contributed by atoms with E-state index < -0.39 is 0 Å². The molecule has 98 valence electrons. The summed E-state index contributed by atoms with van der Waals surface area (Å²) in [6, 6.07) is 7.41. The Kier molecular flexibility index (Phi) is 3.98. The average molecular weight is 259 g/mol. The molecular formula is C13H13N3O3. The molecule has 0 unspecified atom stereocenters. The highest BCUT2D eigenvalue weighted by molar-refractivity contribution is 5.60. The van der Waals surface area contributed by atoms with Crippen LogP contribution in [0.1, 0.15) is 12.3 Å². The van der Waals surface area contributed by atoms with E-state index in [-0.39, 0.29) is 0 Å². The van der Waals surface area contributed by atoms with Gasteiger partial charge in [-0.15, -0.1) is 0 Å². The predicted octanol–water partition coefficient (Wildman–Crippen LogP) is 2.21. The molecule has 0 fully saturated rings. The highest BCUT2D eigenvalue weighted by Gasteiger charge is 2.11. The van der Waals surface area contributed by atoms with Gasteiger partial charge in [0.1, 0.15) is 0 Å². The Bertz CT molecular complexity index is 601. The Balaban J connectivity index is 2.26. The molecule has 0 saturated heterocycles. The number of rotatable bonds is 5. The molecule has 1 aromatic heterocycles. The first-order valence-electron chi connectivity index (χ1n) is 5.70. The molecule has 0 bridgehead atoms. The van der Waals surface area contributed by atoms with Gasteiger partial charge in [-0.3, -0.25) is 0 Å². The number of methoxy groups -OCH3 is 2. The second-order valence-corrected chi connectivity index (χ2v) is 3.74. The number of nitrogens with zero attached hydrogens (tertiary/aromatic N) is 3. The van der Waals surface area contributed by atoms with Crippen LogP contribution in [-0.4, -0.2) is 24.4 Å². The standard InChI is InChI=1S/C13H13N3O3/c1-17-10-6-5-9(8-11(10)18-2)13-15-12(19-16-13)4-3-7-14/h5-6,8H,3-4H2,1-2H3. The molecule has 0 spiro atoms. The summed E-state index contributed by atoms with van der Waals surface area (Å²) in [5.41, 5.74) is 0.768. The zero-order valence-electron chi connectivity index (χ0n) is 10.7. The van der Waals surface area contributed by atoms with Gasteiger partial charge in [-0.05, 0) is 18.2 Å². The van der Waals surface area contributed by atoms with Gasteiger partial charge in [-0.1, -0.05) is 5.16 Å². The van der Waals surface area contributed by atoms with Gasteiger partial charge >= 0.3 is 0 Å². The smallest absolute Gasteiger partial charge is 0.227 e. The van der Waals surface area contributed by atoms with Gasteiger partial charge in [0.15, 0.2) is 11.5 Å². The summed E-state index contributed by atoms with van der Waals surface area (Å²) in [4.78, 5) is 4.22. The fourth-order valence-electron chi connectivity index (χ4n) is 1.61. The van der Waals surface area contributed by atoms with Crippen molar-refractivity contribution in [3.8, 4) is 29.0 Å². The maximum Gasteiger partial charge on any atom is 0.227 e. The van der Waals surface area contributed by atoms with E-state index in [1.807, 2.05) is 12.1 Å². The minimum absolute atomic E-state index is 0.355. The summed E-state index contributed by atoms with van der Waals surface area (Å²) in [6.07, 6.45) is 0.810. The number of aromatic nitrogens is 2. The number of nitriles is 1. The number of aryl methyl sites for hydroxylation is 1. The molecule has 0 atom stereocenters. The van der Waals surface area contributed by atoms with Crippen molar-refractivity contribution in [3.05, 3.63) is 24.1 Å². The molecule has 0 saturated carbocycles. The van der Waals surface area contributed by atoms with Crippen LogP contribution in [0.3, 0.4) is 0 Å². The Morgan fingerprint density at radius 2 is 2.05 bits per heavy atom. The van der Waals surface area contributed by atoms with Crippen LogP contribution in [0.2, 0.25) is 0 Å². The average Bonchev–Trinajstić information content (AvgIpc) is 2.93. The quantitative estimate of drug-likeness (QED) is 0.818. The summed E-state index contributed by atoms with van der Waals surface area (Å²) >= 11 is 0. The maximum atomic E-state index is 8.51. The molecule has 0 N–H and O–H groups in total. The number of ether oxygens (including phenoxy) is 2. The maximum absolute atomic E-state index is 8.51. The van der Waals surface area contributed by atoms with E-state index >= 15 is 0 Å². The van der Waals surface area contributed by atoms with Crippen molar-refractivity contribution in [3.63, 3.8) is 0 Å². The minimum atomic E-state index is 0.355. The van der Waals surface area contributed by atoms with Gasteiger partial charge in [0.05, 0.1) is 20.3 Å².